The second-order valence-corrected chi connectivity index (χ2v) is 7.86. The van der Waals surface area contributed by atoms with E-state index in [9.17, 15) is 14.7 Å². The Kier molecular flexibility index (Phi) is 6.87. The molecule has 0 aliphatic carbocycles. The average molecular weight is 472 g/mol. The normalized spacial score (nSPS) is 11.3. The van der Waals surface area contributed by atoms with Crippen LogP contribution in [0.3, 0.4) is 0 Å². The zero-order valence-corrected chi connectivity index (χ0v) is 19.6. The van der Waals surface area contributed by atoms with E-state index in [-0.39, 0.29) is 11.5 Å². The fourth-order valence-corrected chi connectivity index (χ4v) is 3.88. The summed E-state index contributed by atoms with van der Waals surface area (Å²) in [6.45, 7) is 1.84. The number of aliphatic carboxylic acids is 1. The number of aromatic nitrogens is 1. The highest BCUT2D eigenvalue weighted by atomic mass is 16.5. The van der Waals surface area contributed by atoms with Crippen LogP contribution in [-0.2, 0) is 11.4 Å². The van der Waals surface area contributed by atoms with E-state index in [1.54, 1.807) is 36.5 Å². The Morgan fingerprint density at radius 3 is 2.34 bits per heavy atom. The van der Waals surface area contributed by atoms with Crippen LogP contribution in [0.1, 0.15) is 28.4 Å². The molecule has 4 rings (SSSR count). The molecule has 0 aliphatic rings. The van der Waals surface area contributed by atoms with E-state index < -0.39 is 5.97 Å². The van der Waals surface area contributed by atoms with E-state index >= 15 is 0 Å². The number of carboxylic acid groups (broad SMARTS) is 1. The minimum Gasteiger partial charge on any atom is -0.497 e. The first-order valence-electron chi connectivity index (χ1n) is 10.9. The molecule has 0 saturated carbocycles. The Hall–Kier alpha value is -4.52. The highest BCUT2D eigenvalue weighted by molar-refractivity contribution is 6.22. The molecule has 0 aliphatic heterocycles. The van der Waals surface area contributed by atoms with E-state index in [0.717, 1.165) is 5.56 Å². The smallest absolute Gasteiger partial charge is 0.336 e. The third kappa shape index (κ3) is 5.04. The van der Waals surface area contributed by atoms with Gasteiger partial charge in [-0.2, -0.15) is 0 Å². The first-order chi connectivity index (χ1) is 16.9. The van der Waals surface area contributed by atoms with E-state index in [1.807, 2.05) is 36.4 Å². The van der Waals surface area contributed by atoms with Gasteiger partial charge in [0.25, 0.3) is 0 Å². The second-order valence-electron chi connectivity index (χ2n) is 7.86. The van der Waals surface area contributed by atoms with Crippen molar-refractivity contribution >= 4 is 34.4 Å². The number of fused-ring (bicyclic) bond motifs is 1. The van der Waals surface area contributed by atoms with Gasteiger partial charge in [-0.15, -0.1) is 0 Å². The quantitative estimate of drug-likeness (QED) is 0.341. The summed E-state index contributed by atoms with van der Waals surface area (Å²) >= 11 is 0. The van der Waals surface area contributed by atoms with Crippen molar-refractivity contribution in [2.75, 3.05) is 14.2 Å². The van der Waals surface area contributed by atoms with Crippen LogP contribution in [0, 0.1) is 0 Å². The summed E-state index contributed by atoms with van der Waals surface area (Å²) in [6.07, 6.45) is 3.16. The lowest BCUT2D eigenvalue weighted by Crippen LogP contribution is -2.03. The number of hydrogen-bond donors (Lipinski definition) is 1. The van der Waals surface area contributed by atoms with Crippen LogP contribution in [0.2, 0.25) is 0 Å². The summed E-state index contributed by atoms with van der Waals surface area (Å²) in [5.74, 6) is 0.158. The minimum absolute atomic E-state index is 0.000964. The number of hydrogen-bond acceptors (Lipinski definition) is 5. The first kappa shape index (κ1) is 23.6. The van der Waals surface area contributed by atoms with Crippen LogP contribution in [0.4, 0.5) is 0 Å². The fraction of sp³-hybridized carbons (Fsp3) is 0.143. The molecule has 0 amide bonds. The third-order valence-corrected chi connectivity index (χ3v) is 5.62. The lowest BCUT2D eigenvalue weighted by Gasteiger charge is -2.11. The van der Waals surface area contributed by atoms with E-state index in [2.05, 4.69) is 0 Å². The molecule has 178 valence electrons. The maximum Gasteiger partial charge on any atom is 0.336 e. The van der Waals surface area contributed by atoms with Gasteiger partial charge in [-0.3, -0.25) is 9.36 Å². The number of methoxy groups -OCH3 is 2. The largest absolute Gasteiger partial charge is 0.497 e. The van der Waals surface area contributed by atoms with Crippen molar-refractivity contribution in [3.63, 3.8) is 0 Å². The monoisotopic (exact) mass is 471 g/mol. The highest BCUT2D eigenvalue weighted by Crippen LogP contribution is 2.34. The number of benzene rings is 3. The molecule has 0 fully saturated rings. The molecular weight excluding hydrogens is 446 g/mol. The van der Waals surface area contributed by atoms with Crippen molar-refractivity contribution in [1.29, 1.82) is 0 Å². The van der Waals surface area contributed by atoms with Gasteiger partial charge in [0.1, 0.15) is 23.9 Å². The lowest BCUT2D eigenvalue weighted by molar-refractivity contribution is -0.130. The van der Waals surface area contributed by atoms with Gasteiger partial charge >= 0.3 is 5.97 Å². The van der Waals surface area contributed by atoms with Gasteiger partial charge in [0, 0.05) is 29.6 Å². The molecule has 0 spiro atoms. The predicted molar refractivity (Wildman–Crippen MR) is 134 cm³/mol. The maximum atomic E-state index is 12.3. The molecule has 7 heteroatoms. The molecule has 3 aromatic carbocycles. The van der Waals surface area contributed by atoms with Crippen LogP contribution < -0.4 is 14.2 Å². The molecule has 1 heterocycles. The lowest BCUT2D eigenvalue weighted by atomic mass is 10.0. The molecule has 1 aromatic heterocycles. The predicted octanol–water partition coefficient (Wildman–Crippen LogP) is 5.52. The first-order valence-corrected chi connectivity index (χ1v) is 10.9. The highest BCUT2D eigenvalue weighted by Gasteiger charge is 2.19. The number of carbonyl (C=O) groups excluding carboxylic acids is 1. The fourth-order valence-electron chi connectivity index (χ4n) is 3.88. The van der Waals surface area contributed by atoms with Crippen LogP contribution in [-0.4, -0.2) is 35.8 Å². The summed E-state index contributed by atoms with van der Waals surface area (Å²) in [6, 6.07) is 20.1. The van der Waals surface area contributed by atoms with E-state index in [1.165, 1.54) is 31.8 Å². The molecule has 4 aromatic rings. The number of carbonyl (C=O) groups is 2. The van der Waals surface area contributed by atoms with Crippen LogP contribution >= 0.6 is 0 Å². The molecule has 0 unspecified atom stereocenters. The SMILES string of the molecule is COc1ccc(OC)c(/C(=C\c2cn(C(C)=O)c3ccc(OCc4ccccc4)cc23)C(=O)O)c1. The van der Waals surface area contributed by atoms with Crippen molar-refractivity contribution in [1.82, 2.24) is 4.57 Å². The average Bonchev–Trinajstić information content (AvgIpc) is 3.24. The van der Waals surface area contributed by atoms with Gasteiger partial charge in [0.15, 0.2) is 0 Å². The van der Waals surface area contributed by atoms with Crippen LogP contribution in [0.5, 0.6) is 17.2 Å². The molecule has 0 bridgehead atoms. The Balaban J connectivity index is 1.83. The van der Waals surface area contributed by atoms with Crippen molar-refractivity contribution in [3.8, 4) is 17.2 Å². The van der Waals surface area contributed by atoms with Crippen LogP contribution in [0.15, 0.2) is 72.9 Å². The number of carboxylic acids is 1. The van der Waals surface area contributed by atoms with Crippen molar-refractivity contribution < 1.29 is 28.9 Å². The van der Waals surface area contributed by atoms with Gasteiger partial charge < -0.3 is 19.3 Å². The molecule has 1 N–H and O–H groups in total. The molecule has 0 saturated heterocycles. The zero-order valence-electron chi connectivity index (χ0n) is 19.6. The van der Waals surface area contributed by atoms with Crippen LogP contribution in [0.25, 0.3) is 22.6 Å². The summed E-state index contributed by atoms with van der Waals surface area (Å²) < 4.78 is 18.1. The van der Waals surface area contributed by atoms with Crippen molar-refractivity contribution in [2.45, 2.75) is 13.5 Å². The minimum atomic E-state index is -1.14. The molecular formula is C28H25NO6. The molecule has 0 atom stereocenters. The summed E-state index contributed by atoms with van der Waals surface area (Å²) in [7, 11) is 2.98. The van der Waals surface area contributed by atoms with E-state index in [0.29, 0.717) is 45.9 Å². The zero-order chi connectivity index (χ0) is 24.9. The molecule has 0 radical (unpaired) electrons. The standard InChI is InChI=1S/C28H25NO6/c1-18(30)29-16-20(13-25(28(31)32)24-14-21(33-2)10-12-27(24)34-3)23-15-22(9-11-26(23)29)35-17-19-7-5-4-6-8-19/h4-16H,17H2,1-3H3,(H,31,32)/b25-13+. The Labute approximate surface area is 202 Å². The molecule has 7 nitrogen and oxygen atoms in total. The second kappa shape index (κ2) is 10.2. The van der Waals surface area contributed by atoms with Gasteiger partial charge in [0.2, 0.25) is 5.91 Å². The number of nitrogens with zero attached hydrogens (tertiary/aromatic N) is 1. The third-order valence-electron chi connectivity index (χ3n) is 5.62. The van der Waals surface area contributed by atoms with Gasteiger partial charge in [-0.05, 0) is 48.0 Å². The Bertz CT molecular complexity index is 1420. The van der Waals surface area contributed by atoms with E-state index in [4.69, 9.17) is 14.2 Å². The number of ether oxygens (including phenoxy) is 3. The van der Waals surface area contributed by atoms with Crippen molar-refractivity contribution in [2.24, 2.45) is 0 Å². The maximum absolute atomic E-state index is 12.3. The summed E-state index contributed by atoms with van der Waals surface area (Å²) in [5.41, 5.74) is 2.59. The van der Waals surface area contributed by atoms with Crippen molar-refractivity contribution in [3.05, 3.63) is 89.6 Å². The molecule has 35 heavy (non-hydrogen) atoms. The van der Waals surface area contributed by atoms with Gasteiger partial charge in [-0.1, -0.05) is 30.3 Å². The summed E-state index contributed by atoms with van der Waals surface area (Å²) in [4.78, 5) is 24.6. The number of rotatable bonds is 8. The Morgan fingerprint density at radius 2 is 1.69 bits per heavy atom. The van der Waals surface area contributed by atoms with Gasteiger partial charge in [-0.25, -0.2) is 4.79 Å². The van der Waals surface area contributed by atoms with Gasteiger partial charge in [0.05, 0.1) is 25.3 Å². The summed E-state index contributed by atoms with van der Waals surface area (Å²) in [5, 5.41) is 10.7. The Morgan fingerprint density at radius 1 is 0.943 bits per heavy atom. The topological polar surface area (TPSA) is 87.0 Å².